The molecule has 0 aliphatic carbocycles. The Morgan fingerprint density at radius 2 is 1.86 bits per heavy atom. The van der Waals surface area contributed by atoms with Crippen LogP contribution in [0.3, 0.4) is 0 Å². The van der Waals surface area contributed by atoms with Gasteiger partial charge in [0.2, 0.25) is 5.91 Å². The molecule has 2 atom stereocenters. The predicted molar refractivity (Wildman–Crippen MR) is 83.3 cm³/mol. The van der Waals surface area contributed by atoms with E-state index < -0.39 is 37.0 Å². The van der Waals surface area contributed by atoms with Gasteiger partial charge < -0.3 is 5.32 Å². The van der Waals surface area contributed by atoms with E-state index in [1.807, 2.05) is 0 Å². The molecular weight excluding hydrogens is 350 g/mol. The Hall–Kier alpha value is -1.12. The van der Waals surface area contributed by atoms with Crippen LogP contribution in [0.25, 0.3) is 0 Å². The average molecular weight is 366 g/mol. The highest BCUT2D eigenvalue weighted by Gasteiger charge is 2.37. The van der Waals surface area contributed by atoms with Gasteiger partial charge in [0.15, 0.2) is 19.7 Å². The lowest BCUT2D eigenvalue weighted by Crippen LogP contribution is -2.41. The van der Waals surface area contributed by atoms with Crippen molar-refractivity contribution in [3.05, 3.63) is 30.3 Å². The van der Waals surface area contributed by atoms with E-state index in [0.29, 0.717) is 0 Å². The number of amides is 1. The van der Waals surface area contributed by atoms with Crippen molar-refractivity contribution in [1.82, 2.24) is 5.32 Å². The standard InChI is InChI=1S/C13H16ClNO5S2/c14-11-8-21(17,18)9-12(11)15-13(16)6-7-22(19,20)10-4-2-1-3-5-10/h1-5,11-12H,6-9H2,(H,15,16). The third-order valence-corrected chi connectivity index (χ3v) is 7.44. The number of hydrogen-bond donors (Lipinski definition) is 1. The van der Waals surface area contributed by atoms with Gasteiger partial charge >= 0.3 is 0 Å². The topological polar surface area (TPSA) is 97.4 Å². The minimum Gasteiger partial charge on any atom is -0.351 e. The van der Waals surface area contributed by atoms with Gasteiger partial charge in [0.25, 0.3) is 0 Å². The SMILES string of the molecule is O=C(CCS(=O)(=O)c1ccccc1)NC1CS(=O)(=O)CC1Cl. The number of carbonyl (C=O) groups excluding carboxylic acids is 1. The van der Waals surface area contributed by atoms with Crippen molar-refractivity contribution in [2.45, 2.75) is 22.7 Å². The van der Waals surface area contributed by atoms with Gasteiger partial charge in [-0.1, -0.05) is 18.2 Å². The van der Waals surface area contributed by atoms with Crippen LogP contribution in [0.15, 0.2) is 35.2 Å². The van der Waals surface area contributed by atoms with Crippen molar-refractivity contribution in [3.8, 4) is 0 Å². The lowest BCUT2D eigenvalue weighted by Gasteiger charge is -2.14. The molecule has 2 rings (SSSR count). The molecular formula is C13H16ClNO5S2. The summed E-state index contributed by atoms with van der Waals surface area (Å²) in [6, 6.07) is 7.17. The fourth-order valence-electron chi connectivity index (χ4n) is 2.19. The van der Waals surface area contributed by atoms with Crippen molar-refractivity contribution in [2.75, 3.05) is 17.3 Å². The maximum atomic E-state index is 12.0. The van der Waals surface area contributed by atoms with Gasteiger partial charge in [0.1, 0.15) is 0 Å². The van der Waals surface area contributed by atoms with E-state index in [1.54, 1.807) is 18.2 Å². The zero-order chi connectivity index (χ0) is 16.4. The number of sulfone groups is 2. The summed E-state index contributed by atoms with van der Waals surface area (Å²) in [6.07, 6.45) is -0.239. The van der Waals surface area contributed by atoms with E-state index in [1.165, 1.54) is 12.1 Å². The molecule has 6 nitrogen and oxygen atoms in total. The highest BCUT2D eigenvalue weighted by molar-refractivity contribution is 7.92. The molecule has 1 aliphatic heterocycles. The Labute approximate surface area is 134 Å². The molecule has 1 amide bonds. The van der Waals surface area contributed by atoms with Crippen LogP contribution in [-0.2, 0) is 24.5 Å². The van der Waals surface area contributed by atoms with Crippen LogP contribution in [0, 0.1) is 0 Å². The predicted octanol–water partition coefficient (Wildman–Crippen LogP) is 0.371. The first-order chi connectivity index (χ1) is 10.2. The molecule has 0 radical (unpaired) electrons. The summed E-state index contributed by atoms with van der Waals surface area (Å²) >= 11 is 5.88. The smallest absolute Gasteiger partial charge is 0.221 e. The number of hydrogen-bond acceptors (Lipinski definition) is 5. The Morgan fingerprint density at radius 3 is 2.41 bits per heavy atom. The minimum absolute atomic E-state index is 0.154. The molecule has 122 valence electrons. The maximum absolute atomic E-state index is 12.0. The first-order valence-corrected chi connectivity index (χ1v) is 10.5. The van der Waals surface area contributed by atoms with E-state index in [2.05, 4.69) is 5.32 Å². The summed E-state index contributed by atoms with van der Waals surface area (Å²) in [5.74, 6) is -1.25. The highest BCUT2D eigenvalue weighted by atomic mass is 35.5. The summed E-state index contributed by atoms with van der Waals surface area (Å²) in [7, 11) is -6.78. The molecule has 1 aromatic rings. The Morgan fingerprint density at radius 1 is 1.23 bits per heavy atom. The van der Waals surface area contributed by atoms with Crippen molar-refractivity contribution in [3.63, 3.8) is 0 Å². The molecule has 0 saturated carbocycles. The summed E-state index contributed by atoms with van der Waals surface area (Å²) < 4.78 is 46.9. The molecule has 1 aromatic carbocycles. The molecule has 1 saturated heterocycles. The monoisotopic (exact) mass is 365 g/mol. The van der Waals surface area contributed by atoms with Crippen molar-refractivity contribution < 1.29 is 21.6 Å². The zero-order valence-electron chi connectivity index (χ0n) is 11.6. The molecule has 2 unspecified atom stereocenters. The van der Waals surface area contributed by atoms with E-state index in [-0.39, 0.29) is 28.6 Å². The molecule has 0 spiro atoms. The van der Waals surface area contributed by atoms with E-state index >= 15 is 0 Å². The quantitative estimate of drug-likeness (QED) is 0.760. The van der Waals surface area contributed by atoms with Crippen LogP contribution in [0.2, 0.25) is 0 Å². The normalized spacial score (nSPS) is 24.0. The number of carbonyl (C=O) groups is 1. The van der Waals surface area contributed by atoms with Gasteiger partial charge in [-0.2, -0.15) is 0 Å². The number of halogens is 1. The number of nitrogens with one attached hydrogen (secondary N) is 1. The second-order valence-corrected chi connectivity index (χ2v) is 9.97. The zero-order valence-corrected chi connectivity index (χ0v) is 14.0. The lowest BCUT2D eigenvalue weighted by molar-refractivity contribution is -0.121. The van der Waals surface area contributed by atoms with Crippen LogP contribution in [0.1, 0.15) is 6.42 Å². The summed E-state index contributed by atoms with van der Waals surface area (Å²) in [4.78, 5) is 12.0. The summed E-state index contributed by atoms with van der Waals surface area (Å²) in [5, 5.41) is 1.81. The van der Waals surface area contributed by atoms with Crippen LogP contribution in [0.4, 0.5) is 0 Å². The van der Waals surface area contributed by atoms with Crippen LogP contribution < -0.4 is 5.32 Å². The minimum atomic E-state index is -3.54. The van der Waals surface area contributed by atoms with E-state index in [9.17, 15) is 21.6 Å². The van der Waals surface area contributed by atoms with Gasteiger partial charge in [0.05, 0.1) is 33.6 Å². The third kappa shape index (κ3) is 4.44. The fraction of sp³-hybridized carbons (Fsp3) is 0.462. The molecule has 0 bridgehead atoms. The fourth-order valence-corrected chi connectivity index (χ4v) is 6.00. The van der Waals surface area contributed by atoms with Gasteiger partial charge in [-0.05, 0) is 12.1 Å². The molecule has 1 heterocycles. The van der Waals surface area contributed by atoms with Gasteiger partial charge in [0, 0.05) is 6.42 Å². The molecule has 22 heavy (non-hydrogen) atoms. The highest BCUT2D eigenvalue weighted by Crippen LogP contribution is 2.18. The van der Waals surface area contributed by atoms with Crippen LogP contribution >= 0.6 is 11.6 Å². The molecule has 1 fully saturated rings. The molecule has 1 aliphatic rings. The number of alkyl halides is 1. The van der Waals surface area contributed by atoms with Crippen molar-refractivity contribution >= 4 is 37.2 Å². The first kappa shape index (κ1) is 17.2. The summed E-state index contributed by atoms with van der Waals surface area (Å²) in [6.45, 7) is 0. The molecule has 9 heteroatoms. The maximum Gasteiger partial charge on any atom is 0.221 e. The average Bonchev–Trinajstić information content (AvgIpc) is 2.70. The number of benzene rings is 1. The lowest BCUT2D eigenvalue weighted by atomic mass is 10.2. The molecule has 1 N–H and O–H groups in total. The van der Waals surface area contributed by atoms with E-state index in [0.717, 1.165) is 0 Å². The Kier molecular flexibility index (Phi) is 5.14. The van der Waals surface area contributed by atoms with Crippen molar-refractivity contribution in [2.24, 2.45) is 0 Å². The van der Waals surface area contributed by atoms with Gasteiger partial charge in [-0.25, -0.2) is 16.8 Å². The van der Waals surface area contributed by atoms with Crippen LogP contribution in [0.5, 0.6) is 0 Å². The Bertz CT molecular complexity index is 746. The number of rotatable bonds is 5. The van der Waals surface area contributed by atoms with E-state index in [4.69, 9.17) is 11.6 Å². The second-order valence-electron chi connectivity index (χ2n) is 5.15. The molecule has 0 aromatic heterocycles. The third-order valence-electron chi connectivity index (χ3n) is 3.33. The second kappa shape index (κ2) is 6.55. The van der Waals surface area contributed by atoms with Crippen molar-refractivity contribution in [1.29, 1.82) is 0 Å². The van der Waals surface area contributed by atoms with Gasteiger partial charge in [-0.3, -0.25) is 4.79 Å². The van der Waals surface area contributed by atoms with Crippen LogP contribution in [-0.4, -0.2) is 51.4 Å². The van der Waals surface area contributed by atoms with Gasteiger partial charge in [-0.15, -0.1) is 11.6 Å². The largest absolute Gasteiger partial charge is 0.351 e. The Balaban J connectivity index is 1.91. The first-order valence-electron chi connectivity index (χ1n) is 6.61. The summed E-state index contributed by atoms with van der Waals surface area (Å²) in [5.41, 5.74) is 0.